The van der Waals surface area contributed by atoms with Gasteiger partial charge >= 0.3 is 5.97 Å². The Bertz CT molecular complexity index is 1090. The largest absolute Gasteiger partial charge is 0.490 e. The van der Waals surface area contributed by atoms with Crippen molar-refractivity contribution in [1.82, 2.24) is 5.43 Å². The van der Waals surface area contributed by atoms with Crippen LogP contribution in [0.3, 0.4) is 0 Å². The van der Waals surface area contributed by atoms with Gasteiger partial charge in [0.2, 0.25) is 0 Å². The number of carbonyl (C=O) groups is 2. The molecule has 1 N–H and O–H groups in total. The lowest BCUT2D eigenvalue weighted by Crippen LogP contribution is -2.17. The number of halogens is 1. The van der Waals surface area contributed by atoms with Crippen molar-refractivity contribution in [2.75, 3.05) is 6.61 Å². The van der Waals surface area contributed by atoms with Crippen LogP contribution in [-0.4, -0.2) is 24.7 Å². The Morgan fingerprint density at radius 2 is 1.65 bits per heavy atom. The number of hydrazone groups is 1. The van der Waals surface area contributed by atoms with Gasteiger partial charge in [-0.2, -0.15) is 5.10 Å². The molecule has 0 heterocycles. The Morgan fingerprint density at radius 1 is 0.968 bits per heavy atom. The van der Waals surface area contributed by atoms with Crippen molar-refractivity contribution in [1.29, 1.82) is 0 Å². The Hall–Kier alpha value is -4.26. The van der Waals surface area contributed by atoms with Crippen LogP contribution < -0.4 is 14.9 Å². The van der Waals surface area contributed by atoms with E-state index in [0.29, 0.717) is 23.5 Å². The third-order valence-electron chi connectivity index (χ3n) is 4.05. The molecule has 6 nitrogen and oxygen atoms in total. The molecule has 0 aliphatic rings. The van der Waals surface area contributed by atoms with Gasteiger partial charge in [0, 0.05) is 5.56 Å². The van der Waals surface area contributed by atoms with Gasteiger partial charge < -0.3 is 9.47 Å². The van der Waals surface area contributed by atoms with Crippen LogP contribution in [0.25, 0.3) is 0 Å². The molecule has 7 heteroatoms. The first kappa shape index (κ1) is 21.4. The molecule has 31 heavy (non-hydrogen) atoms. The predicted molar refractivity (Wildman–Crippen MR) is 115 cm³/mol. The zero-order valence-corrected chi connectivity index (χ0v) is 16.5. The van der Waals surface area contributed by atoms with Crippen LogP contribution in [0.1, 0.15) is 26.3 Å². The average Bonchev–Trinajstić information content (AvgIpc) is 2.79. The van der Waals surface area contributed by atoms with Crippen molar-refractivity contribution in [3.8, 4) is 11.5 Å². The van der Waals surface area contributed by atoms with E-state index in [-0.39, 0.29) is 17.2 Å². The van der Waals surface area contributed by atoms with Gasteiger partial charge in [-0.15, -0.1) is 0 Å². The van der Waals surface area contributed by atoms with Gasteiger partial charge in [0.05, 0.1) is 11.8 Å². The van der Waals surface area contributed by atoms with Crippen molar-refractivity contribution in [3.63, 3.8) is 0 Å². The molecule has 0 aliphatic heterocycles. The Morgan fingerprint density at radius 3 is 2.32 bits per heavy atom. The topological polar surface area (TPSA) is 77.0 Å². The number of amides is 1. The summed E-state index contributed by atoms with van der Waals surface area (Å²) in [5, 5.41) is 3.91. The second kappa shape index (κ2) is 10.5. The maximum Gasteiger partial charge on any atom is 0.346 e. The second-order valence-electron chi connectivity index (χ2n) is 6.26. The lowest BCUT2D eigenvalue weighted by molar-refractivity contribution is 0.0729. The Kier molecular flexibility index (Phi) is 7.26. The van der Waals surface area contributed by atoms with Crippen molar-refractivity contribution in [2.24, 2.45) is 5.10 Å². The zero-order valence-electron chi connectivity index (χ0n) is 16.5. The number of nitrogens with one attached hydrogen (secondary N) is 1. The van der Waals surface area contributed by atoms with Crippen LogP contribution in [0.5, 0.6) is 11.5 Å². The van der Waals surface area contributed by atoms with Crippen LogP contribution >= 0.6 is 0 Å². The lowest BCUT2D eigenvalue weighted by atomic mass is 10.2. The highest BCUT2D eigenvalue weighted by molar-refractivity contribution is 5.95. The second-order valence-corrected chi connectivity index (χ2v) is 6.26. The van der Waals surface area contributed by atoms with Crippen molar-refractivity contribution in [3.05, 3.63) is 108 Å². The fraction of sp³-hybridized carbons (Fsp3) is 0.0417. The van der Waals surface area contributed by atoms with Crippen molar-refractivity contribution < 1.29 is 23.5 Å². The first-order valence-corrected chi connectivity index (χ1v) is 9.31. The fourth-order valence-electron chi connectivity index (χ4n) is 2.50. The summed E-state index contributed by atoms with van der Waals surface area (Å²) in [7, 11) is 0. The van der Waals surface area contributed by atoms with E-state index in [2.05, 4.69) is 17.1 Å². The summed E-state index contributed by atoms with van der Waals surface area (Å²) in [5.41, 5.74) is 3.38. The molecule has 0 radical (unpaired) electrons. The number of carbonyl (C=O) groups excluding carboxylic acids is 2. The van der Waals surface area contributed by atoms with E-state index < -0.39 is 11.8 Å². The van der Waals surface area contributed by atoms with E-state index in [1.54, 1.807) is 60.7 Å². The van der Waals surface area contributed by atoms with Crippen LogP contribution in [0, 0.1) is 5.82 Å². The smallest absolute Gasteiger partial charge is 0.346 e. The number of hydrogen-bond acceptors (Lipinski definition) is 5. The minimum absolute atomic E-state index is 0.142. The Balaban J connectivity index is 1.53. The molecule has 0 saturated heterocycles. The SMILES string of the molecule is C=CCOc1ccc(C(=O)NN=Cc2ccc(OC(=O)c3ccccc3F)cc2)cc1. The quantitative estimate of drug-likeness (QED) is 0.194. The van der Waals surface area contributed by atoms with Gasteiger partial charge in [0.15, 0.2) is 0 Å². The maximum absolute atomic E-state index is 13.6. The number of nitrogens with zero attached hydrogens (tertiary/aromatic N) is 1. The summed E-state index contributed by atoms with van der Waals surface area (Å²) in [5.74, 6) is -0.912. The van der Waals surface area contributed by atoms with Crippen LogP contribution in [-0.2, 0) is 0 Å². The van der Waals surface area contributed by atoms with Gasteiger partial charge in [0.1, 0.15) is 23.9 Å². The molecule has 0 fully saturated rings. The maximum atomic E-state index is 13.6. The van der Waals surface area contributed by atoms with E-state index >= 15 is 0 Å². The highest BCUT2D eigenvalue weighted by Gasteiger charge is 2.13. The van der Waals surface area contributed by atoms with Crippen LogP contribution in [0.2, 0.25) is 0 Å². The van der Waals surface area contributed by atoms with E-state index in [9.17, 15) is 14.0 Å². The number of rotatable bonds is 8. The van der Waals surface area contributed by atoms with Crippen LogP contribution in [0.15, 0.2) is 90.6 Å². The first-order chi connectivity index (χ1) is 15.1. The minimum Gasteiger partial charge on any atom is -0.490 e. The zero-order chi connectivity index (χ0) is 22.1. The lowest BCUT2D eigenvalue weighted by Gasteiger charge is -2.05. The third-order valence-corrected chi connectivity index (χ3v) is 4.05. The summed E-state index contributed by atoms with van der Waals surface area (Å²) >= 11 is 0. The number of hydrogen-bond donors (Lipinski definition) is 1. The highest BCUT2D eigenvalue weighted by Crippen LogP contribution is 2.15. The van der Waals surface area contributed by atoms with Gasteiger partial charge in [-0.05, 0) is 66.2 Å². The molecule has 156 valence electrons. The molecule has 0 bridgehead atoms. The molecule has 0 atom stereocenters. The summed E-state index contributed by atoms with van der Waals surface area (Å²) in [6.07, 6.45) is 3.08. The summed E-state index contributed by atoms with van der Waals surface area (Å²) < 4.78 is 24.2. The predicted octanol–water partition coefficient (Wildman–Crippen LogP) is 4.37. The molecule has 1 amide bonds. The number of ether oxygens (including phenoxy) is 2. The van der Waals surface area contributed by atoms with Gasteiger partial charge in [0.25, 0.3) is 5.91 Å². The van der Waals surface area contributed by atoms with Crippen molar-refractivity contribution >= 4 is 18.1 Å². The first-order valence-electron chi connectivity index (χ1n) is 9.31. The molecule has 0 aliphatic carbocycles. The molecular formula is C24H19FN2O4. The molecule has 0 spiro atoms. The molecular weight excluding hydrogens is 399 g/mol. The average molecular weight is 418 g/mol. The van der Waals surface area contributed by atoms with Gasteiger partial charge in [-0.3, -0.25) is 4.79 Å². The molecule has 3 aromatic rings. The van der Waals surface area contributed by atoms with Gasteiger partial charge in [-0.1, -0.05) is 24.8 Å². The molecule has 0 saturated carbocycles. The third kappa shape index (κ3) is 6.11. The molecule has 3 aromatic carbocycles. The molecule has 0 aromatic heterocycles. The van der Waals surface area contributed by atoms with E-state index in [1.165, 1.54) is 24.4 Å². The van der Waals surface area contributed by atoms with Crippen molar-refractivity contribution in [2.45, 2.75) is 0 Å². The number of benzene rings is 3. The van der Waals surface area contributed by atoms with E-state index in [1.807, 2.05) is 0 Å². The monoisotopic (exact) mass is 418 g/mol. The summed E-state index contributed by atoms with van der Waals surface area (Å²) in [6, 6.07) is 18.6. The standard InChI is InChI=1S/C24H19FN2O4/c1-2-15-30-19-13-9-18(10-14-19)23(28)27-26-16-17-7-11-20(12-8-17)31-24(29)21-5-3-4-6-22(21)25/h2-14,16H,1,15H2,(H,27,28). The number of esters is 1. The van der Waals surface area contributed by atoms with Crippen LogP contribution in [0.4, 0.5) is 4.39 Å². The summed E-state index contributed by atoms with van der Waals surface area (Å²) in [4.78, 5) is 24.2. The molecule has 3 rings (SSSR count). The Labute approximate surface area is 178 Å². The normalized spacial score (nSPS) is 10.5. The highest BCUT2D eigenvalue weighted by atomic mass is 19.1. The summed E-state index contributed by atoms with van der Waals surface area (Å²) in [6.45, 7) is 3.96. The van der Waals surface area contributed by atoms with Gasteiger partial charge in [-0.25, -0.2) is 14.6 Å². The van der Waals surface area contributed by atoms with E-state index in [0.717, 1.165) is 0 Å². The minimum atomic E-state index is -0.785. The fourth-order valence-corrected chi connectivity index (χ4v) is 2.50. The molecule has 0 unspecified atom stereocenters. The van der Waals surface area contributed by atoms with E-state index in [4.69, 9.17) is 9.47 Å².